The molecule has 0 radical (unpaired) electrons. The molecule has 72 valence electrons. The van der Waals surface area contributed by atoms with Crippen molar-refractivity contribution in [2.75, 3.05) is 13.6 Å². The van der Waals surface area contributed by atoms with Crippen molar-refractivity contribution < 1.29 is 13.2 Å². The van der Waals surface area contributed by atoms with Gasteiger partial charge in [0.15, 0.2) is 0 Å². The second kappa shape index (κ2) is 3.62. The molecule has 0 aromatic carbocycles. The molecule has 0 aliphatic carbocycles. The third-order valence-electron chi connectivity index (χ3n) is 2.21. The van der Waals surface area contributed by atoms with E-state index in [-0.39, 0.29) is 12.5 Å². The summed E-state index contributed by atoms with van der Waals surface area (Å²) in [5.74, 6) is 0. The molecule has 0 aromatic rings. The van der Waals surface area contributed by atoms with Crippen molar-refractivity contribution in [3.05, 3.63) is 0 Å². The molecule has 12 heavy (non-hydrogen) atoms. The van der Waals surface area contributed by atoms with E-state index >= 15 is 0 Å². The SMILES string of the molecule is CNC1CCNC(C(F)(F)F)C1. The predicted octanol–water partition coefficient (Wildman–Crippen LogP) is 0.889. The number of hydrogen-bond acceptors (Lipinski definition) is 2. The highest BCUT2D eigenvalue weighted by molar-refractivity contribution is 4.85. The molecule has 1 rings (SSSR count). The first-order valence-corrected chi connectivity index (χ1v) is 4.01. The van der Waals surface area contributed by atoms with Crippen LogP contribution in [0.1, 0.15) is 12.8 Å². The average Bonchev–Trinajstić information content (AvgIpc) is 2.03. The molecule has 1 aliphatic rings. The maximum absolute atomic E-state index is 12.2. The van der Waals surface area contributed by atoms with Crippen LogP contribution in [-0.4, -0.2) is 31.9 Å². The first-order chi connectivity index (χ1) is 5.54. The van der Waals surface area contributed by atoms with Gasteiger partial charge in [0.25, 0.3) is 0 Å². The summed E-state index contributed by atoms with van der Waals surface area (Å²) >= 11 is 0. The lowest BCUT2D eigenvalue weighted by Crippen LogP contribution is -2.51. The van der Waals surface area contributed by atoms with E-state index in [2.05, 4.69) is 10.6 Å². The molecule has 2 nitrogen and oxygen atoms in total. The standard InChI is InChI=1S/C7H13F3N2/c1-11-5-2-3-12-6(4-5)7(8,9)10/h5-6,11-12H,2-4H2,1H3. The van der Waals surface area contributed by atoms with Crippen molar-refractivity contribution in [3.63, 3.8) is 0 Å². The van der Waals surface area contributed by atoms with Crippen LogP contribution in [0, 0.1) is 0 Å². The molecular formula is C7H13F3N2. The fraction of sp³-hybridized carbons (Fsp3) is 1.00. The molecule has 2 N–H and O–H groups in total. The topological polar surface area (TPSA) is 24.1 Å². The summed E-state index contributed by atoms with van der Waals surface area (Å²) < 4.78 is 36.5. The number of nitrogens with one attached hydrogen (secondary N) is 2. The number of hydrogen-bond donors (Lipinski definition) is 2. The fourth-order valence-corrected chi connectivity index (χ4v) is 1.43. The summed E-state index contributed by atoms with van der Waals surface area (Å²) in [4.78, 5) is 0. The van der Waals surface area contributed by atoms with Gasteiger partial charge in [-0.1, -0.05) is 0 Å². The van der Waals surface area contributed by atoms with Gasteiger partial charge in [-0.3, -0.25) is 0 Å². The minimum Gasteiger partial charge on any atom is -0.317 e. The van der Waals surface area contributed by atoms with E-state index in [9.17, 15) is 13.2 Å². The summed E-state index contributed by atoms with van der Waals surface area (Å²) in [6, 6.07) is -1.33. The summed E-state index contributed by atoms with van der Waals surface area (Å²) in [5, 5.41) is 5.32. The van der Waals surface area contributed by atoms with Crippen LogP contribution >= 0.6 is 0 Å². The Labute approximate surface area is 69.5 Å². The minimum atomic E-state index is -4.10. The molecule has 0 bridgehead atoms. The van der Waals surface area contributed by atoms with Crippen LogP contribution in [0.2, 0.25) is 0 Å². The summed E-state index contributed by atoms with van der Waals surface area (Å²) in [6.45, 7) is 0.440. The van der Waals surface area contributed by atoms with Gasteiger partial charge >= 0.3 is 6.18 Å². The highest BCUT2D eigenvalue weighted by Gasteiger charge is 2.41. The van der Waals surface area contributed by atoms with Crippen molar-refractivity contribution >= 4 is 0 Å². The normalized spacial score (nSPS) is 32.0. The lowest BCUT2D eigenvalue weighted by molar-refractivity contribution is -0.161. The van der Waals surface area contributed by atoms with Gasteiger partial charge in [-0.2, -0.15) is 13.2 Å². The third-order valence-corrected chi connectivity index (χ3v) is 2.21. The van der Waals surface area contributed by atoms with Gasteiger partial charge in [0.2, 0.25) is 0 Å². The lowest BCUT2D eigenvalue weighted by Gasteiger charge is -2.31. The molecule has 1 saturated heterocycles. The molecular weight excluding hydrogens is 169 g/mol. The average molecular weight is 182 g/mol. The first-order valence-electron chi connectivity index (χ1n) is 4.01. The van der Waals surface area contributed by atoms with Gasteiger partial charge in [0.05, 0.1) is 0 Å². The zero-order valence-corrected chi connectivity index (χ0v) is 6.91. The zero-order chi connectivity index (χ0) is 9.19. The van der Waals surface area contributed by atoms with Crippen LogP contribution in [0.4, 0.5) is 13.2 Å². The quantitative estimate of drug-likeness (QED) is 0.629. The van der Waals surface area contributed by atoms with Crippen LogP contribution in [0.15, 0.2) is 0 Å². The van der Waals surface area contributed by atoms with E-state index in [0.717, 1.165) is 6.42 Å². The Morgan fingerprint density at radius 2 is 2.08 bits per heavy atom. The van der Waals surface area contributed by atoms with Crippen molar-refractivity contribution in [2.45, 2.75) is 31.1 Å². The highest BCUT2D eigenvalue weighted by Crippen LogP contribution is 2.25. The number of alkyl halides is 3. The Hall–Kier alpha value is -0.290. The van der Waals surface area contributed by atoms with Gasteiger partial charge in [-0.05, 0) is 26.4 Å². The molecule has 0 spiro atoms. The lowest BCUT2D eigenvalue weighted by atomic mass is 9.99. The van der Waals surface area contributed by atoms with E-state index < -0.39 is 12.2 Å². The summed E-state index contributed by atoms with van der Waals surface area (Å²) in [5.41, 5.74) is 0. The Morgan fingerprint density at radius 3 is 2.58 bits per heavy atom. The van der Waals surface area contributed by atoms with Gasteiger partial charge in [-0.25, -0.2) is 0 Å². The van der Waals surface area contributed by atoms with Crippen LogP contribution in [0.5, 0.6) is 0 Å². The largest absolute Gasteiger partial charge is 0.403 e. The van der Waals surface area contributed by atoms with E-state index in [1.807, 2.05) is 0 Å². The summed E-state index contributed by atoms with van der Waals surface area (Å²) in [7, 11) is 1.70. The summed E-state index contributed by atoms with van der Waals surface area (Å²) in [6.07, 6.45) is -3.20. The third kappa shape index (κ3) is 2.35. The van der Waals surface area contributed by atoms with Gasteiger partial charge in [-0.15, -0.1) is 0 Å². The molecule has 1 heterocycles. The maximum atomic E-state index is 12.2. The van der Waals surface area contributed by atoms with Crippen molar-refractivity contribution in [3.8, 4) is 0 Å². The molecule has 2 unspecified atom stereocenters. The Kier molecular flexibility index (Phi) is 2.95. The highest BCUT2D eigenvalue weighted by atomic mass is 19.4. The van der Waals surface area contributed by atoms with E-state index in [1.165, 1.54) is 0 Å². The van der Waals surface area contributed by atoms with E-state index in [4.69, 9.17) is 0 Å². The second-order valence-corrected chi connectivity index (χ2v) is 3.06. The van der Waals surface area contributed by atoms with Crippen LogP contribution in [0.25, 0.3) is 0 Å². The smallest absolute Gasteiger partial charge is 0.317 e. The molecule has 5 heteroatoms. The Balaban J connectivity index is 2.46. The van der Waals surface area contributed by atoms with Crippen molar-refractivity contribution in [1.29, 1.82) is 0 Å². The van der Waals surface area contributed by atoms with Crippen molar-refractivity contribution in [1.82, 2.24) is 10.6 Å². The van der Waals surface area contributed by atoms with E-state index in [0.29, 0.717) is 6.54 Å². The van der Waals surface area contributed by atoms with Gasteiger partial charge < -0.3 is 10.6 Å². The monoisotopic (exact) mass is 182 g/mol. The van der Waals surface area contributed by atoms with Crippen LogP contribution in [0.3, 0.4) is 0 Å². The number of piperidine rings is 1. The van der Waals surface area contributed by atoms with Crippen molar-refractivity contribution in [2.24, 2.45) is 0 Å². The first kappa shape index (κ1) is 9.80. The molecule has 0 saturated carbocycles. The van der Waals surface area contributed by atoms with Gasteiger partial charge in [0.1, 0.15) is 6.04 Å². The number of halogens is 3. The Bertz CT molecular complexity index is 146. The van der Waals surface area contributed by atoms with Crippen LogP contribution in [-0.2, 0) is 0 Å². The maximum Gasteiger partial charge on any atom is 0.403 e. The predicted molar refractivity (Wildman–Crippen MR) is 39.9 cm³/mol. The molecule has 1 fully saturated rings. The minimum absolute atomic E-state index is 0.00197. The van der Waals surface area contributed by atoms with Crippen LogP contribution < -0.4 is 10.6 Å². The Morgan fingerprint density at radius 1 is 1.42 bits per heavy atom. The van der Waals surface area contributed by atoms with Gasteiger partial charge in [0, 0.05) is 6.04 Å². The fourth-order valence-electron chi connectivity index (χ4n) is 1.43. The molecule has 1 aliphatic heterocycles. The van der Waals surface area contributed by atoms with E-state index in [1.54, 1.807) is 7.05 Å². The number of rotatable bonds is 1. The second-order valence-electron chi connectivity index (χ2n) is 3.06. The zero-order valence-electron chi connectivity index (χ0n) is 6.91. The molecule has 0 aromatic heterocycles. The molecule has 2 atom stereocenters. The molecule has 0 amide bonds.